The van der Waals surface area contributed by atoms with E-state index >= 15 is 0 Å². The maximum Gasteiger partial charge on any atom is 0.411 e. The molecule has 1 amide bonds. The fraction of sp³-hybridized carbons (Fsp3) is 0.708. The Labute approximate surface area is 189 Å². The van der Waals surface area contributed by atoms with Gasteiger partial charge < -0.3 is 14.4 Å². The van der Waals surface area contributed by atoms with E-state index in [9.17, 15) is 10.0 Å². The van der Waals surface area contributed by atoms with Gasteiger partial charge in [-0.05, 0) is 50.9 Å². The Morgan fingerprint density at radius 3 is 2.26 bits per heavy atom. The van der Waals surface area contributed by atoms with Crippen LogP contribution < -0.4 is 0 Å². The van der Waals surface area contributed by atoms with Crippen molar-refractivity contribution in [1.29, 1.82) is 0 Å². The van der Waals surface area contributed by atoms with Crippen LogP contribution >= 0.6 is 0 Å². The van der Waals surface area contributed by atoms with Crippen LogP contribution in [0.3, 0.4) is 0 Å². The van der Waals surface area contributed by atoms with E-state index in [0.29, 0.717) is 25.9 Å². The van der Waals surface area contributed by atoms with Crippen LogP contribution in [0.1, 0.15) is 66.9 Å². The van der Waals surface area contributed by atoms with Crippen molar-refractivity contribution in [2.75, 3.05) is 6.54 Å². The van der Waals surface area contributed by atoms with Gasteiger partial charge in [0, 0.05) is 6.42 Å². The molecule has 1 heterocycles. The van der Waals surface area contributed by atoms with E-state index in [4.69, 9.17) is 9.16 Å². The van der Waals surface area contributed by atoms with Gasteiger partial charge in [-0.15, -0.1) is 0 Å². The molecule has 1 aliphatic heterocycles. The predicted molar refractivity (Wildman–Crippen MR) is 126 cm³/mol. The van der Waals surface area contributed by atoms with E-state index < -0.39 is 25.7 Å². The van der Waals surface area contributed by atoms with Crippen LogP contribution in [-0.2, 0) is 15.7 Å². The maximum atomic E-state index is 13.2. The van der Waals surface area contributed by atoms with Crippen LogP contribution in [0.5, 0.6) is 0 Å². The Hall–Kier alpha value is -1.41. The minimum Gasteiger partial charge on any atom is -0.444 e. The first kappa shape index (κ1) is 25.8. The molecule has 176 valence electrons. The highest BCUT2D eigenvalue weighted by Crippen LogP contribution is 2.43. The van der Waals surface area contributed by atoms with Gasteiger partial charge in [-0.1, -0.05) is 58.0 Å². The summed E-state index contributed by atoms with van der Waals surface area (Å²) in [6.45, 7) is 19.4. The molecular formula is C24H42N2O4Si. The molecule has 0 spiro atoms. The van der Waals surface area contributed by atoms with Crippen molar-refractivity contribution in [2.45, 2.75) is 103 Å². The molecular weight excluding hydrogens is 408 g/mol. The average Bonchev–Trinajstić information content (AvgIpc) is 2.99. The maximum absolute atomic E-state index is 13.2. The van der Waals surface area contributed by atoms with E-state index in [-0.39, 0.29) is 11.1 Å². The molecule has 0 aliphatic carbocycles. The van der Waals surface area contributed by atoms with Gasteiger partial charge in [0.2, 0.25) is 0 Å². The molecule has 7 heteroatoms. The zero-order valence-electron chi connectivity index (χ0n) is 20.9. The number of carbonyl (C=O) groups is 1. The van der Waals surface area contributed by atoms with E-state index in [2.05, 4.69) is 33.9 Å². The van der Waals surface area contributed by atoms with Gasteiger partial charge in [0.05, 0.1) is 19.2 Å². The second-order valence-electron chi connectivity index (χ2n) is 11.2. The summed E-state index contributed by atoms with van der Waals surface area (Å²) >= 11 is 0. The van der Waals surface area contributed by atoms with Gasteiger partial charge in [0.25, 0.3) is 0 Å². The highest BCUT2D eigenvalue weighted by Gasteiger charge is 2.54. The first-order chi connectivity index (χ1) is 14.1. The fourth-order valence-electron chi connectivity index (χ4n) is 3.81. The van der Waals surface area contributed by atoms with E-state index in [1.54, 1.807) is 4.90 Å². The topological polar surface area (TPSA) is 62.2 Å². The molecule has 1 fully saturated rings. The molecule has 1 saturated heterocycles. The Kier molecular flexibility index (Phi) is 7.68. The number of ether oxygens (including phenoxy) is 1. The molecule has 0 saturated carbocycles. The number of amides is 1. The lowest BCUT2D eigenvalue weighted by Gasteiger charge is -2.43. The number of likely N-dealkylation sites (tertiary alicyclic amines) is 1. The molecule has 1 aromatic rings. The van der Waals surface area contributed by atoms with E-state index in [1.807, 2.05) is 58.0 Å². The average molecular weight is 451 g/mol. The van der Waals surface area contributed by atoms with Crippen LogP contribution in [0.4, 0.5) is 4.79 Å². The van der Waals surface area contributed by atoms with Gasteiger partial charge in [-0.3, -0.25) is 4.90 Å². The molecule has 2 atom stereocenters. The Bertz CT molecular complexity index is 742. The Morgan fingerprint density at radius 2 is 1.77 bits per heavy atom. The van der Waals surface area contributed by atoms with Crippen molar-refractivity contribution in [3.63, 3.8) is 0 Å². The van der Waals surface area contributed by atoms with Crippen molar-refractivity contribution in [3.05, 3.63) is 35.9 Å². The van der Waals surface area contributed by atoms with Crippen molar-refractivity contribution in [3.8, 4) is 0 Å². The quantitative estimate of drug-likeness (QED) is 0.424. The molecule has 1 N–H and O–H groups in total. The summed E-state index contributed by atoms with van der Waals surface area (Å²) in [6.07, 6.45) is 0.535. The number of carbonyl (C=O) groups excluding carboxylic acids is 1. The molecule has 1 aliphatic rings. The molecule has 0 bridgehead atoms. The Morgan fingerprint density at radius 1 is 1.19 bits per heavy atom. The van der Waals surface area contributed by atoms with Crippen molar-refractivity contribution >= 4 is 14.4 Å². The van der Waals surface area contributed by atoms with Gasteiger partial charge >= 0.3 is 6.09 Å². The zero-order chi connectivity index (χ0) is 23.7. The highest BCUT2D eigenvalue weighted by molar-refractivity contribution is 6.74. The smallest absolute Gasteiger partial charge is 0.411 e. The summed E-state index contributed by atoms with van der Waals surface area (Å²) in [5.74, 6) is 0. The number of rotatable bonds is 6. The monoisotopic (exact) mass is 450 g/mol. The third-order valence-electron chi connectivity index (χ3n) is 6.55. The second kappa shape index (κ2) is 9.22. The normalized spacial score (nSPS) is 22.8. The highest BCUT2D eigenvalue weighted by atomic mass is 28.4. The fourth-order valence-corrected chi connectivity index (χ4v) is 5.16. The number of hydroxylamine groups is 2. The summed E-state index contributed by atoms with van der Waals surface area (Å²) in [4.78, 5) is 14.9. The van der Waals surface area contributed by atoms with Gasteiger partial charge in [-0.2, -0.15) is 5.06 Å². The van der Waals surface area contributed by atoms with E-state index in [1.165, 1.54) is 5.06 Å². The van der Waals surface area contributed by atoms with Gasteiger partial charge in [0.15, 0.2) is 8.32 Å². The second-order valence-corrected chi connectivity index (χ2v) is 15.9. The molecule has 2 unspecified atom stereocenters. The number of benzene rings is 1. The molecule has 1 aromatic carbocycles. The van der Waals surface area contributed by atoms with Crippen LogP contribution in [0.2, 0.25) is 18.1 Å². The van der Waals surface area contributed by atoms with Crippen LogP contribution in [-0.4, -0.2) is 53.5 Å². The summed E-state index contributed by atoms with van der Waals surface area (Å²) in [5.41, 5.74) is -0.518. The minimum absolute atomic E-state index is 0.0597. The van der Waals surface area contributed by atoms with Crippen molar-refractivity contribution in [1.82, 2.24) is 9.96 Å². The summed E-state index contributed by atoms with van der Waals surface area (Å²) in [6, 6.07) is 9.80. The molecule has 6 nitrogen and oxygen atoms in total. The van der Waals surface area contributed by atoms with Crippen molar-refractivity contribution in [2.24, 2.45) is 0 Å². The van der Waals surface area contributed by atoms with Crippen molar-refractivity contribution < 1.29 is 19.2 Å². The minimum atomic E-state index is -2.04. The lowest BCUT2D eigenvalue weighted by molar-refractivity contribution is -0.223. The van der Waals surface area contributed by atoms with Gasteiger partial charge in [0.1, 0.15) is 11.3 Å². The summed E-state index contributed by atoms with van der Waals surface area (Å²) in [7, 11) is -2.04. The molecule has 0 aromatic heterocycles. The lowest BCUT2D eigenvalue weighted by atomic mass is 10.0. The standard InChI is InChI=1S/C24H42N2O4Si/c1-10-24(26(28)17-19-14-12-11-13-15-19)16-20(30-31(8,9)23(5,6)7)18-25(24)21(27)29-22(2,3)4/h11-15,20,28H,10,16-18H2,1-9H3. The largest absolute Gasteiger partial charge is 0.444 e. The number of nitrogens with zero attached hydrogens (tertiary/aromatic N) is 2. The summed E-state index contributed by atoms with van der Waals surface area (Å²) in [5, 5.41) is 12.7. The first-order valence-corrected chi connectivity index (χ1v) is 14.2. The zero-order valence-corrected chi connectivity index (χ0v) is 21.9. The van der Waals surface area contributed by atoms with Gasteiger partial charge in [-0.25, -0.2) is 4.79 Å². The number of hydrogen-bond donors (Lipinski definition) is 1. The predicted octanol–water partition coefficient (Wildman–Crippen LogP) is 6.02. The van der Waals surface area contributed by atoms with Crippen LogP contribution in [0.15, 0.2) is 30.3 Å². The first-order valence-electron chi connectivity index (χ1n) is 11.3. The molecule has 31 heavy (non-hydrogen) atoms. The summed E-state index contributed by atoms with van der Waals surface area (Å²) < 4.78 is 12.4. The Balaban J connectivity index is 2.36. The molecule has 2 rings (SSSR count). The lowest BCUT2D eigenvalue weighted by Crippen LogP contribution is -2.58. The van der Waals surface area contributed by atoms with E-state index in [0.717, 1.165) is 5.56 Å². The van der Waals surface area contributed by atoms with Crippen LogP contribution in [0, 0.1) is 0 Å². The van der Waals surface area contributed by atoms with Crippen LogP contribution in [0.25, 0.3) is 0 Å². The third-order valence-corrected chi connectivity index (χ3v) is 11.1. The SMILES string of the molecule is CCC1(N(O)Cc2ccccc2)CC(O[Si](C)(C)C(C)(C)C)CN1C(=O)OC(C)(C)C. The number of hydrogen-bond acceptors (Lipinski definition) is 5. The molecule has 0 radical (unpaired) electrons. The third kappa shape index (κ3) is 6.09.